The Morgan fingerprint density at radius 1 is 0.893 bits per heavy atom. The van der Waals surface area contributed by atoms with Crippen LogP contribution in [0.1, 0.15) is 83.8 Å². The van der Waals surface area contributed by atoms with Crippen molar-refractivity contribution in [1.82, 2.24) is 0 Å². The van der Waals surface area contributed by atoms with E-state index in [1.807, 2.05) is 6.92 Å². The van der Waals surface area contributed by atoms with E-state index in [4.69, 9.17) is 4.74 Å². The summed E-state index contributed by atoms with van der Waals surface area (Å²) in [6.07, 6.45) is 9.56. The molecule has 0 unspecified atom stereocenters. The molecule has 0 heterocycles. The average Bonchev–Trinajstić information content (AvgIpc) is 3.13. The molecule has 3 heteroatoms. The van der Waals surface area contributed by atoms with Gasteiger partial charge in [-0.3, -0.25) is 0 Å². The second kappa shape index (κ2) is 12.0. The number of unbranched alkanes of at least 4 members (excludes halogenated alkanes) is 3. The zero-order valence-corrected chi connectivity index (χ0v) is 21.5. The van der Waals surface area contributed by atoms with E-state index in [9.17, 15) is 4.79 Å². The van der Waals surface area contributed by atoms with E-state index < -0.39 is 18.4 Å². The van der Waals surface area contributed by atoms with Crippen molar-refractivity contribution in [1.29, 1.82) is 0 Å². The van der Waals surface area contributed by atoms with Gasteiger partial charge in [-0.05, 0) is 0 Å². The normalized spacial score (nSPS) is 15.4. The Morgan fingerprint density at radius 2 is 1.46 bits per heavy atom. The van der Waals surface area contributed by atoms with Gasteiger partial charge in [-0.15, -0.1) is 0 Å². The van der Waals surface area contributed by atoms with Crippen LogP contribution in [0.5, 0.6) is 0 Å². The molecule has 0 aromatic heterocycles. The van der Waals surface area contributed by atoms with E-state index in [2.05, 4.69) is 45.0 Å². The Kier molecular flexibility index (Phi) is 10.1. The molecule has 0 atom stereocenters. The molecule has 1 aromatic carbocycles. The van der Waals surface area contributed by atoms with E-state index in [1.165, 1.54) is 72.1 Å². The molecule has 156 valence electrons. The summed E-state index contributed by atoms with van der Waals surface area (Å²) in [4.78, 5) is 13.4. The molecule has 1 aromatic rings. The van der Waals surface area contributed by atoms with Gasteiger partial charge in [0.1, 0.15) is 0 Å². The number of esters is 1. The standard InChI is InChI=1S/C13H13O2.3C4H9.Sn/c1-2-15-13(14)9-11-8-7-10-5-3-4-6-12(10)11;3*1-3-4-2;/h3-6H,2,7-8H2,1H3;3*1,3-4H2,2H3;. The second-order valence-electron chi connectivity index (χ2n) is 8.32. The fourth-order valence-corrected chi connectivity index (χ4v) is 22.0. The third-order valence-corrected chi connectivity index (χ3v) is 22.0. The second-order valence-corrected chi connectivity index (χ2v) is 21.3. The molecule has 2 rings (SSSR count). The van der Waals surface area contributed by atoms with Crippen molar-refractivity contribution in [3.63, 3.8) is 0 Å². The van der Waals surface area contributed by atoms with Gasteiger partial charge in [0, 0.05) is 0 Å². The molecule has 0 bridgehead atoms. The number of carbonyl (C=O) groups excluding carboxylic acids is 1. The molecule has 1 aliphatic rings. The summed E-state index contributed by atoms with van der Waals surface area (Å²) >= 11 is -2.88. The molecule has 0 aliphatic heterocycles. The number of ether oxygens (including phenoxy) is 1. The van der Waals surface area contributed by atoms with Crippen molar-refractivity contribution in [3.05, 3.63) is 39.0 Å². The molecule has 28 heavy (non-hydrogen) atoms. The molecular formula is C25H40O2Sn. The molecule has 0 spiro atoms. The maximum atomic E-state index is 13.4. The van der Waals surface area contributed by atoms with Crippen LogP contribution in [0.3, 0.4) is 0 Å². The number of rotatable bonds is 12. The zero-order chi connectivity index (χ0) is 20.4. The van der Waals surface area contributed by atoms with Crippen molar-refractivity contribution >= 4 is 29.9 Å². The number of carbonyl (C=O) groups is 1. The molecule has 0 fully saturated rings. The summed E-state index contributed by atoms with van der Waals surface area (Å²) in [7, 11) is 0. The van der Waals surface area contributed by atoms with Crippen LogP contribution in [0.2, 0.25) is 13.3 Å². The number of fused-ring (bicyclic) bond motifs is 1. The van der Waals surface area contributed by atoms with Crippen molar-refractivity contribution in [2.24, 2.45) is 0 Å². The van der Waals surface area contributed by atoms with Crippen LogP contribution in [-0.2, 0) is 16.0 Å². The van der Waals surface area contributed by atoms with Gasteiger partial charge in [0.15, 0.2) is 0 Å². The van der Waals surface area contributed by atoms with Gasteiger partial charge in [0.2, 0.25) is 0 Å². The van der Waals surface area contributed by atoms with Gasteiger partial charge in [-0.1, -0.05) is 0 Å². The Hall–Kier alpha value is -0.771. The fourth-order valence-electron chi connectivity index (χ4n) is 4.85. The Morgan fingerprint density at radius 3 is 2.00 bits per heavy atom. The Bertz CT molecular complexity index is 640. The first-order valence-corrected chi connectivity index (χ1v) is 19.1. The predicted molar refractivity (Wildman–Crippen MR) is 123 cm³/mol. The fraction of sp³-hybridized carbons (Fsp3) is 0.640. The monoisotopic (exact) mass is 492 g/mol. The van der Waals surface area contributed by atoms with Gasteiger partial charge >= 0.3 is 177 Å². The van der Waals surface area contributed by atoms with E-state index in [1.54, 1.807) is 0 Å². The van der Waals surface area contributed by atoms with Crippen molar-refractivity contribution in [3.8, 4) is 0 Å². The molecule has 1 aliphatic carbocycles. The Balaban J connectivity index is 2.64. The quantitative estimate of drug-likeness (QED) is 0.174. The van der Waals surface area contributed by atoms with Crippen LogP contribution in [0.15, 0.2) is 27.9 Å². The molecule has 0 N–H and O–H groups in total. The average molecular weight is 491 g/mol. The van der Waals surface area contributed by atoms with E-state index in [-0.39, 0.29) is 5.97 Å². The number of allylic oxidation sites excluding steroid dienone is 1. The predicted octanol–water partition coefficient (Wildman–Crippen LogP) is 7.34. The van der Waals surface area contributed by atoms with Crippen molar-refractivity contribution in [2.45, 2.75) is 92.4 Å². The van der Waals surface area contributed by atoms with Crippen LogP contribution >= 0.6 is 0 Å². The molecule has 2 nitrogen and oxygen atoms in total. The number of hydrogen-bond acceptors (Lipinski definition) is 2. The summed E-state index contributed by atoms with van der Waals surface area (Å²) in [5.74, 6) is 0.0355. The SMILES string of the molecule is CCC[CH2][Sn]([CH2]CCC)([CH2]CCC)/[C](C(=O)OCC)=C1\CCc2ccccc21. The first-order chi connectivity index (χ1) is 13.6. The first-order valence-electron chi connectivity index (χ1n) is 11.6. The van der Waals surface area contributed by atoms with Gasteiger partial charge in [-0.2, -0.15) is 0 Å². The third-order valence-electron chi connectivity index (χ3n) is 6.33. The minimum absolute atomic E-state index is 0.0355. The first kappa shape index (κ1) is 23.5. The van der Waals surface area contributed by atoms with Crippen LogP contribution in [0.25, 0.3) is 5.57 Å². The summed E-state index contributed by atoms with van der Waals surface area (Å²) < 4.78 is 10.9. The van der Waals surface area contributed by atoms with E-state index in [0.717, 1.165) is 12.8 Å². The van der Waals surface area contributed by atoms with Gasteiger partial charge in [-0.25, -0.2) is 0 Å². The molecule has 0 radical (unpaired) electrons. The van der Waals surface area contributed by atoms with E-state index in [0.29, 0.717) is 6.61 Å². The summed E-state index contributed by atoms with van der Waals surface area (Å²) in [6.45, 7) is 9.30. The van der Waals surface area contributed by atoms with Crippen LogP contribution in [-0.4, -0.2) is 31.0 Å². The van der Waals surface area contributed by atoms with Crippen LogP contribution in [0, 0.1) is 0 Å². The molecule has 0 saturated heterocycles. The van der Waals surface area contributed by atoms with Crippen molar-refractivity contribution in [2.75, 3.05) is 6.61 Å². The van der Waals surface area contributed by atoms with Gasteiger partial charge < -0.3 is 0 Å². The number of benzene rings is 1. The topological polar surface area (TPSA) is 26.3 Å². The molecule has 0 saturated carbocycles. The zero-order valence-electron chi connectivity index (χ0n) is 18.6. The molecular weight excluding hydrogens is 451 g/mol. The Labute approximate surface area is 177 Å². The number of hydrogen-bond donors (Lipinski definition) is 0. The molecule has 0 amide bonds. The van der Waals surface area contributed by atoms with Gasteiger partial charge in [0.25, 0.3) is 0 Å². The number of aryl methyl sites for hydroxylation is 1. The van der Waals surface area contributed by atoms with Crippen LogP contribution < -0.4 is 0 Å². The summed E-state index contributed by atoms with van der Waals surface area (Å²) in [6, 6.07) is 8.75. The van der Waals surface area contributed by atoms with E-state index >= 15 is 0 Å². The van der Waals surface area contributed by atoms with Crippen molar-refractivity contribution < 1.29 is 9.53 Å². The summed E-state index contributed by atoms with van der Waals surface area (Å²) in [5.41, 5.74) is 4.13. The summed E-state index contributed by atoms with van der Waals surface area (Å²) in [5, 5.41) is 0. The van der Waals surface area contributed by atoms with Crippen LogP contribution in [0.4, 0.5) is 0 Å². The maximum absolute atomic E-state index is 13.4. The van der Waals surface area contributed by atoms with Gasteiger partial charge in [0.05, 0.1) is 0 Å². The third kappa shape index (κ3) is 5.64. The minimum atomic E-state index is -2.88.